The molecule has 1 fully saturated rings. The number of nitrogens with zero attached hydrogens (tertiary/aromatic N) is 1. The molecule has 1 amide bonds. The second-order valence-corrected chi connectivity index (χ2v) is 4.93. The first-order valence-electron chi connectivity index (χ1n) is 6.61. The summed E-state index contributed by atoms with van der Waals surface area (Å²) in [5.41, 5.74) is 1.32. The van der Waals surface area contributed by atoms with E-state index in [-0.39, 0.29) is 18.1 Å². The predicted molar refractivity (Wildman–Crippen MR) is 72.0 cm³/mol. The molecule has 0 bridgehead atoms. The molecule has 2 heterocycles. The third-order valence-electron chi connectivity index (χ3n) is 3.57. The standard InChI is InChI=1S/C14H17N3O2/c1-9(12-7-4-8-19-12)15-14(18)13-10-5-2-3-6-11(10)16-17-13/h2-3,5-6,9,12H,4,7-8H2,1H3,(H,15,18)(H,16,17)/t9-,12-/m0/s1. The van der Waals surface area contributed by atoms with E-state index in [1.807, 2.05) is 31.2 Å². The minimum absolute atomic E-state index is 0.00506. The number of amides is 1. The van der Waals surface area contributed by atoms with Gasteiger partial charge in [0.1, 0.15) is 0 Å². The Kier molecular flexibility index (Phi) is 3.21. The van der Waals surface area contributed by atoms with Crippen LogP contribution in [-0.2, 0) is 4.74 Å². The lowest BCUT2D eigenvalue weighted by atomic mass is 10.1. The summed E-state index contributed by atoms with van der Waals surface area (Å²) in [4.78, 5) is 12.2. The molecule has 0 unspecified atom stereocenters. The molecular formula is C14H17N3O2. The lowest BCUT2D eigenvalue weighted by Crippen LogP contribution is -2.41. The molecule has 1 aromatic heterocycles. The van der Waals surface area contributed by atoms with Crippen LogP contribution in [0.3, 0.4) is 0 Å². The molecule has 1 saturated heterocycles. The van der Waals surface area contributed by atoms with Gasteiger partial charge in [-0.25, -0.2) is 0 Å². The number of para-hydroxylation sites is 1. The summed E-state index contributed by atoms with van der Waals surface area (Å²) in [7, 11) is 0. The van der Waals surface area contributed by atoms with Crippen LogP contribution in [0.5, 0.6) is 0 Å². The van der Waals surface area contributed by atoms with Gasteiger partial charge in [0, 0.05) is 12.0 Å². The number of nitrogens with one attached hydrogen (secondary N) is 2. The molecule has 0 spiro atoms. The van der Waals surface area contributed by atoms with Gasteiger partial charge < -0.3 is 10.1 Å². The van der Waals surface area contributed by atoms with E-state index in [0.29, 0.717) is 5.69 Å². The summed E-state index contributed by atoms with van der Waals surface area (Å²) in [6.07, 6.45) is 2.19. The van der Waals surface area contributed by atoms with Crippen LogP contribution in [0.2, 0.25) is 0 Å². The average Bonchev–Trinajstić information content (AvgIpc) is 3.08. The van der Waals surface area contributed by atoms with E-state index in [4.69, 9.17) is 4.74 Å². The molecule has 3 rings (SSSR count). The van der Waals surface area contributed by atoms with Crippen molar-refractivity contribution in [2.45, 2.75) is 31.9 Å². The summed E-state index contributed by atoms with van der Waals surface area (Å²) >= 11 is 0. The molecular weight excluding hydrogens is 242 g/mol. The van der Waals surface area contributed by atoms with E-state index in [2.05, 4.69) is 15.5 Å². The van der Waals surface area contributed by atoms with Crippen LogP contribution in [0.25, 0.3) is 10.9 Å². The SMILES string of the molecule is C[C@H](NC(=O)c1n[nH]c2ccccc12)[C@@H]1CCCO1. The van der Waals surface area contributed by atoms with Crippen LogP contribution in [0, 0.1) is 0 Å². The summed E-state index contributed by atoms with van der Waals surface area (Å²) in [6, 6.07) is 7.62. The highest BCUT2D eigenvalue weighted by atomic mass is 16.5. The van der Waals surface area contributed by atoms with Crippen LogP contribution in [0.15, 0.2) is 24.3 Å². The van der Waals surface area contributed by atoms with Crippen molar-refractivity contribution in [3.05, 3.63) is 30.0 Å². The number of carbonyl (C=O) groups is 1. The predicted octanol–water partition coefficient (Wildman–Crippen LogP) is 1.86. The lowest BCUT2D eigenvalue weighted by molar-refractivity contribution is 0.0710. The highest BCUT2D eigenvalue weighted by Gasteiger charge is 2.25. The highest BCUT2D eigenvalue weighted by Crippen LogP contribution is 2.18. The zero-order chi connectivity index (χ0) is 13.2. The Hall–Kier alpha value is -1.88. The van der Waals surface area contributed by atoms with Gasteiger partial charge in [-0.3, -0.25) is 9.89 Å². The van der Waals surface area contributed by atoms with Crippen LogP contribution in [0.1, 0.15) is 30.3 Å². The molecule has 5 heteroatoms. The molecule has 0 saturated carbocycles. The number of carbonyl (C=O) groups excluding carboxylic acids is 1. The van der Waals surface area contributed by atoms with E-state index in [1.54, 1.807) is 0 Å². The lowest BCUT2D eigenvalue weighted by Gasteiger charge is -2.19. The topological polar surface area (TPSA) is 67.0 Å². The van der Waals surface area contributed by atoms with Crippen molar-refractivity contribution in [2.24, 2.45) is 0 Å². The second kappa shape index (κ2) is 5.01. The average molecular weight is 259 g/mol. The van der Waals surface area contributed by atoms with Gasteiger partial charge in [0.25, 0.3) is 5.91 Å². The van der Waals surface area contributed by atoms with E-state index in [0.717, 1.165) is 30.4 Å². The second-order valence-electron chi connectivity index (χ2n) is 4.93. The Morgan fingerprint density at radius 1 is 1.53 bits per heavy atom. The maximum absolute atomic E-state index is 12.2. The summed E-state index contributed by atoms with van der Waals surface area (Å²) in [5, 5.41) is 10.8. The monoisotopic (exact) mass is 259 g/mol. The Morgan fingerprint density at radius 3 is 3.16 bits per heavy atom. The van der Waals surface area contributed by atoms with Crippen LogP contribution < -0.4 is 5.32 Å². The molecule has 1 aliphatic rings. The number of H-pyrrole nitrogens is 1. The van der Waals surface area contributed by atoms with Crippen LogP contribution in [-0.4, -0.2) is 34.9 Å². The van der Waals surface area contributed by atoms with Crippen LogP contribution >= 0.6 is 0 Å². The zero-order valence-corrected chi connectivity index (χ0v) is 10.8. The fourth-order valence-corrected chi connectivity index (χ4v) is 2.50. The van der Waals surface area contributed by atoms with Gasteiger partial charge in [0.05, 0.1) is 17.7 Å². The minimum Gasteiger partial charge on any atom is -0.376 e. The highest BCUT2D eigenvalue weighted by molar-refractivity contribution is 6.04. The van der Waals surface area contributed by atoms with E-state index < -0.39 is 0 Å². The largest absolute Gasteiger partial charge is 0.376 e. The first-order valence-corrected chi connectivity index (χ1v) is 6.61. The summed E-state index contributed by atoms with van der Waals surface area (Å²) in [6.45, 7) is 2.76. The van der Waals surface area contributed by atoms with E-state index >= 15 is 0 Å². The van der Waals surface area contributed by atoms with Crippen LogP contribution in [0.4, 0.5) is 0 Å². The maximum Gasteiger partial charge on any atom is 0.272 e. The van der Waals surface area contributed by atoms with Crippen molar-refractivity contribution in [1.29, 1.82) is 0 Å². The fourth-order valence-electron chi connectivity index (χ4n) is 2.50. The van der Waals surface area contributed by atoms with Crippen molar-refractivity contribution >= 4 is 16.8 Å². The smallest absolute Gasteiger partial charge is 0.272 e. The third kappa shape index (κ3) is 2.33. The Bertz CT molecular complexity index is 587. The van der Waals surface area contributed by atoms with Gasteiger partial charge in [-0.1, -0.05) is 18.2 Å². The first kappa shape index (κ1) is 12.2. The normalized spacial score (nSPS) is 20.6. The number of ether oxygens (including phenoxy) is 1. The van der Waals surface area contributed by atoms with E-state index in [9.17, 15) is 4.79 Å². The summed E-state index contributed by atoms with van der Waals surface area (Å²) < 4.78 is 5.58. The molecule has 100 valence electrons. The molecule has 2 aromatic rings. The van der Waals surface area contributed by atoms with Gasteiger partial charge >= 0.3 is 0 Å². The molecule has 5 nitrogen and oxygen atoms in total. The molecule has 0 aliphatic carbocycles. The van der Waals surface area contributed by atoms with Crippen molar-refractivity contribution < 1.29 is 9.53 Å². The molecule has 1 aliphatic heterocycles. The Balaban J connectivity index is 1.76. The van der Waals surface area contributed by atoms with Crippen molar-refractivity contribution in [2.75, 3.05) is 6.61 Å². The number of rotatable bonds is 3. The third-order valence-corrected chi connectivity index (χ3v) is 3.57. The number of aromatic amines is 1. The summed E-state index contributed by atoms with van der Waals surface area (Å²) in [5.74, 6) is -0.152. The number of benzene rings is 1. The number of fused-ring (bicyclic) bond motifs is 1. The molecule has 0 radical (unpaired) electrons. The first-order chi connectivity index (χ1) is 9.25. The molecule has 2 atom stereocenters. The number of aromatic nitrogens is 2. The van der Waals surface area contributed by atoms with Gasteiger partial charge in [0.2, 0.25) is 0 Å². The quantitative estimate of drug-likeness (QED) is 0.884. The van der Waals surface area contributed by atoms with Gasteiger partial charge in [-0.05, 0) is 25.8 Å². The number of hydrogen-bond acceptors (Lipinski definition) is 3. The van der Waals surface area contributed by atoms with E-state index in [1.165, 1.54) is 0 Å². The van der Waals surface area contributed by atoms with Gasteiger partial charge in [-0.15, -0.1) is 0 Å². The Morgan fingerprint density at radius 2 is 2.37 bits per heavy atom. The fraction of sp³-hybridized carbons (Fsp3) is 0.429. The molecule has 19 heavy (non-hydrogen) atoms. The minimum atomic E-state index is -0.152. The zero-order valence-electron chi connectivity index (χ0n) is 10.8. The Labute approximate surface area is 111 Å². The molecule has 2 N–H and O–H groups in total. The van der Waals surface area contributed by atoms with Crippen molar-refractivity contribution in [3.63, 3.8) is 0 Å². The molecule has 1 aromatic carbocycles. The van der Waals surface area contributed by atoms with Gasteiger partial charge in [-0.2, -0.15) is 5.10 Å². The maximum atomic E-state index is 12.2. The van der Waals surface area contributed by atoms with Gasteiger partial charge in [0.15, 0.2) is 5.69 Å². The number of hydrogen-bond donors (Lipinski definition) is 2. The van der Waals surface area contributed by atoms with Crippen molar-refractivity contribution in [3.8, 4) is 0 Å². The van der Waals surface area contributed by atoms with Crippen molar-refractivity contribution in [1.82, 2.24) is 15.5 Å².